The maximum absolute atomic E-state index is 6.22. The molecule has 0 aromatic carbocycles. The summed E-state index contributed by atoms with van der Waals surface area (Å²) in [5.41, 5.74) is -0.103. The highest BCUT2D eigenvalue weighted by atomic mass is 32.2. The molecule has 2 aliphatic heterocycles. The molecule has 2 rings (SSSR count). The van der Waals surface area contributed by atoms with Crippen LogP contribution in [0.2, 0.25) is 0 Å². The van der Waals surface area contributed by atoms with Gasteiger partial charge in [0.1, 0.15) is 0 Å². The second-order valence-electron chi connectivity index (χ2n) is 6.57. The Labute approximate surface area is 115 Å². The number of nitrogens with one attached hydrogen (secondary N) is 1. The van der Waals surface area contributed by atoms with Gasteiger partial charge in [-0.15, -0.1) is 0 Å². The van der Waals surface area contributed by atoms with Gasteiger partial charge in [0.15, 0.2) is 0 Å². The zero-order valence-electron chi connectivity index (χ0n) is 12.3. The van der Waals surface area contributed by atoms with E-state index in [0.29, 0.717) is 18.1 Å². The van der Waals surface area contributed by atoms with E-state index >= 15 is 0 Å². The number of rotatable bonds is 3. The Kier molecular flexibility index (Phi) is 4.32. The molecular formula is C14H27NO2S. The Morgan fingerprint density at radius 3 is 2.44 bits per heavy atom. The molecule has 3 nitrogen and oxygen atoms in total. The first kappa shape index (κ1) is 14.6. The van der Waals surface area contributed by atoms with Crippen molar-refractivity contribution in [1.29, 1.82) is 0 Å². The molecule has 2 aliphatic rings. The maximum atomic E-state index is 6.22. The Balaban J connectivity index is 2.11. The minimum atomic E-state index is -0.0807. The van der Waals surface area contributed by atoms with Crippen molar-refractivity contribution < 1.29 is 9.47 Å². The monoisotopic (exact) mass is 273 g/mol. The third kappa shape index (κ3) is 3.03. The summed E-state index contributed by atoms with van der Waals surface area (Å²) in [7, 11) is 2.05. The molecule has 3 atom stereocenters. The molecule has 4 heteroatoms. The van der Waals surface area contributed by atoms with Crippen LogP contribution in [0.4, 0.5) is 0 Å². The van der Waals surface area contributed by atoms with E-state index in [-0.39, 0.29) is 11.2 Å². The van der Waals surface area contributed by atoms with Crippen molar-refractivity contribution in [3.63, 3.8) is 0 Å². The molecular weight excluding hydrogens is 246 g/mol. The van der Waals surface area contributed by atoms with E-state index in [1.165, 1.54) is 0 Å². The van der Waals surface area contributed by atoms with Crippen LogP contribution in [0.5, 0.6) is 0 Å². The van der Waals surface area contributed by atoms with Crippen LogP contribution in [-0.2, 0) is 9.47 Å². The molecule has 2 saturated heterocycles. The van der Waals surface area contributed by atoms with E-state index in [9.17, 15) is 0 Å². The summed E-state index contributed by atoms with van der Waals surface area (Å²) in [5.74, 6) is 2.72. The van der Waals surface area contributed by atoms with Gasteiger partial charge in [0.25, 0.3) is 0 Å². The Bertz CT molecular complexity index is 288. The largest absolute Gasteiger partial charge is 0.375 e. The molecule has 0 aromatic heterocycles. The highest BCUT2D eigenvalue weighted by Crippen LogP contribution is 2.44. The third-order valence-corrected chi connectivity index (χ3v) is 5.17. The zero-order chi connectivity index (χ0) is 13.4. The van der Waals surface area contributed by atoms with E-state index in [4.69, 9.17) is 9.47 Å². The van der Waals surface area contributed by atoms with Crippen molar-refractivity contribution in [3.8, 4) is 0 Å². The zero-order valence-corrected chi connectivity index (χ0v) is 13.1. The number of likely N-dealkylation sites (N-methyl/N-ethyl adjacent to an activating group) is 1. The Hall–Kier alpha value is 0.230. The molecule has 0 bridgehead atoms. The summed E-state index contributed by atoms with van der Waals surface area (Å²) in [5, 5.41) is 3.49. The molecule has 0 aliphatic carbocycles. The van der Waals surface area contributed by atoms with Crippen molar-refractivity contribution in [1.82, 2.24) is 5.32 Å². The average molecular weight is 273 g/mol. The second kappa shape index (κ2) is 5.31. The predicted molar refractivity (Wildman–Crippen MR) is 77.3 cm³/mol. The van der Waals surface area contributed by atoms with Gasteiger partial charge in [-0.25, -0.2) is 0 Å². The molecule has 0 spiro atoms. The normalized spacial score (nSPS) is 36.5. The van der Waals surface area contributed by atoms with Crippen molar-refractivity contribution in [2.75, 3.05) is 25.2 Å². The lowest BCUT2D eigenvalue weighted by molar-refractivity contribution is -0.0843. The van der Waals surface area contributed by atoms with Gasteiger partial charge in [0.05, 0.1) is 23.9 Å². The summed E-state index contributed by atoms with van der Waals surface area (Å²) in [4.78, 5) is 0. The van der Waals surface area contributed by atoms with E-state index in [2.05, 4.69) is 40.1 Å². The molecule has 106 valence electrons. The van der Waals surface area contributed by atoms with Crippen LogP contribution in [0.3, 0.4) is 0 Å². The molecule has 0 saturated carbocycles. The number of ether oxygens (including phenoxy) is 2. The fraction of sp³-hybridized carbons (Fsp3) is 1.00. The molecule has 2 heterocycles. The van der Waals surface area contributed by atoms with Gasteiger partial charge in [-0.2, -0.15) is 11.8 Å². The first-order chi connectivity index (χ1) is 8.36. The number of hydrogen-bond donors (Lipinski definition) is 1. The minimum absolute atomic E-state index is 0.0227. The Morgan fingerprint density at radius 1 is 1.28 bits per heavy atom. The van der Waals surface area contributed by atoms with Crippen molar-refractivity contribution in [2.24, 2.45) is 5.92 Å². The Morgan fingerprint density at radius 2 is 2.00 bits per heavy atom. The first-order valence-electron chi connectivity index (χ1n) is 6.92. The van der Waals surface area contributed by atoms with Crippen LogP contribution in [0.25, 0.3) is 0 Å². The average Bonchev–Trinajstić information content (AvgIpc) is 2.50. The SMILES string of the molecule is CNC(C1CSCCO1)C1CC(C)(C)OC1(C)C. The predicted octanol–water partition coefficient (Wildman–Crippen LogP) is 2.30. The van der Waals surface area contributed by atoms with Crippen LogP contribution >= 0.6 is 11.8 Å². The highest BCUT2D eigenvalue weighted by molar-refractivity contribution is 7.99. The molecule has 0 radical (unpaired) electrons. The summed E-state index contributed by atoms with van der Waals surface area (Å²) in [6, 6.07) is 0.384. The summed E-state index contributed by atoms with van der Waals surface area (Å²) < 4.78 is 12.2. The lowest BCUT2D eigenvalue weighted by atomic mass is 9.79. The van der Waals surface area contributed by atoms with Crippen molar-refractivity contribution >= 4 is 11.8 Å². The van der Waals surface area contributed by atoms with Gasteiger partial charge >= 0.3 is 0 Å². The lowest BCUT2D eigenvalue weighted by Gasteiger charge is -2.38. The molecule has 3 unspecified atom stereocenters. The van der Waals surface area contributed by atoms with E-state index in [0.717, 1.165) is 24.5 Å². The van der Waals surface area contributed by atoms with Gasteiger partial charge in [-0.1, -0.05) is 0 Å². The fourth-order valence-corrected chi connectivity index (χ4v) is 4.44. The van der Waals surface area contributed by atoms with Crippen LogP contribution < -0.4 is 5.32 Å². The summed E-state index contributed by atoms with van der Waals surface area (Å²) in [6.45, 7) is 9.69. The second-order valence-corrected chi connectivity index (χ2v) is 7.72. The smallest absolute Gasteiger partial charge is 0.0822 e. The number of thioether (sulfide) groups is 1. The van der Waals surface area contributed by atoms with Gasteiger partial charge in [0, 0.05) is 23.5 Å². The van der Waals surface area contributed by atoms with Crippen molar-refractivity contribution in [2.45, 2.75) is 57.5 Å². The molecule has 2 fully saturated rings. The van der Waals surface area contributed by atoms with Crippen molar-refractivity contribution in [3.05, 3.63) is 0 Å². The summed E-state index contributed by atoms with van der Waals surface area (Å²) in [6.07, 6.45) is 1.41. The van der Waals surface area contributed by atoms with Crippen LogP contribution in [0.15, 0.2) is 0 Å². The quantitative estimate of drug-likeness (QED) is 0.855. The van der Waals surface area contributed by atoms with Gasteiger partial charge in [-0.05, 0) is 41.2 Å². The highest BCUT2D eigenvalue weighted by Gasteiger charge is 2.50. The fourth-order valence-electron chi connectivity index (χ4n) is 3.52. The van der Waals surface area contributed by atoms with E-state index in [1.807, 2.05) is 11.8 Å². The molecule has 18 heavy (non-hydrogen) atoms. The van der Waals surface area contributed by atoms with Gasteiger partial charge in [-0.3, -0.25) is 0 Å². The summed E-state index contributed by atoms with van der Waals surface area (Å²) >= 11 is 2.00. The van der Waals surface area contributed by atoms with Crippen LogP contribution in [0.1, 0.15) is 34.1 Å². The molecule has 0 aromatic rings. The third-order valence-electron chi connectivity index (χ3n) is 4.15. The van der Waals surface area contributed by atoms with Gasteiger partial charge < -0.3 is 14.8 Å². The minimum Gasteiger partial charge on any atom is -0.375 e. The first-order valence-corrected chi connectivity index (χ1v) is 8.08. The lowest BCUT2D eigenvalue weighted by Crippen LogP contribution is -2.52. The topological polar surface area (TPSA) is 30.5 Å². The molecule has 0 amide bonds. The van der Waals surface area contributed by atoms with Crippen LogP contribution in [-0.4, -0.2) is 48.5 Å². The molecule has 1 N–H and O–H groups in total. The standard InChI is InChI=1S/C14H27NO2S/c1-13(2)8-10(14(3,4)17-13)12(15-5)11-9-18-7-6-16-11/h10-12,15H,6-9H2,1-5H3. The van der Waals surface area contributed by atoms with E-state index < -0.39 is 0 Å². The number of hydrogen-bond acceptors (Lipinski definition) is 4. The van der Waals surface area contributed by atoms with Crippen LogP contribution in [0, 0.1) is 5.92 Å². The van der Waals surface area contributed by atoms with E-state index in [1.54, 1.807) is 0 Å². The maximum Gasteiger partial charge on any atom is 0.0822 e. The van der Waals surface area contributed by atoms with Gasteiger partial charge in [0.2, 0.25) is 0 Å².